The van der Waals surface area contributed by atoms with Gasteiger partial charge in [-0.25, -0.2) is 14.4 Å². The lowest BCUT2D eigenvalue weighted by molar-refractivity contribution is -0.140. The van der Waals surface area contributed by atoms with Gasteiger partial charge in [0.1, 0.15) is 5.70 Å². The zero-order valence-corrected chi connectivity index (χ0v) is 14.3. The number of anilines is 1. The molecular weight excluding hydrogens is 338 g/mol. The Morgan fingerprint density at radius 3 is 2.42 bits per heavy atom. The molecule has 8 heteroatoms. The van der Waals surface area contributed by atoms with Crippen LogP contribution in [0.1, 0.15) is 24.2 Å². The summed E-state index contributed by atoms with van der Waals surface area (Å²) in [7, 11) is 1.24. The zero-order valence-electron chi connectivity index (χ0n) is 13.6. The van der Waals surface area contributed by atoms with Crippen molar-refractivity contribution < 1.29 is 28.6 Å². The first-order valence-electron chi connectivity index (χ1n) is 7.13. The van der Waals surface area contributed by atoms with Gasteiger partial charge in [-0.1, -0.05) is 11.6 Å². The molecule has 0 aliphatic rings. The molecule has 1 aromatic rings. The van der Waals surface area contributed by atoms with E-state index in [4.69, 9.17) is 21.1 Å². The number of ether oxygens (including phenoxy) is 3. The predicted molar refractivity (Wildman–Crippen MR) is 87.8 cm³/mol. The van der Waals surface area contributed by atoms with E-state index in [0.717, 1.165) is 6.08 Å². The summed E-state index contributed by atoms with van der Waals surface area (Å²) in [5.74, 6) is -2.04. The monoisotopic (exact) mass is 355 g/mol. The molecule has 7 nitrogen and oxygen atoms in total. The first-order valence-corrected chi connectivity index (χ1v) is 7.51. The van der Waals surface area contributed by atoms with E-state index in [9.17, 15) is 14.4 Å². The molecule has 0 aromatic heterocycles. The first kappa shape index (κ1) is 19.5. The third-order valence-electron chi connectivity index (χ3n) is 2.70. The summed E-state index contributed by atoms with van der Waals surface area (Å²) in [6.07, 6.45) is 0.961. The maximum atomic E-state index is 12.0. The van der Waals surface area contributed by atoms with Crippen molar-refractivity contribution in [2.75, 3.05) is 25.6 Å². The highest BCUT2D eigenvalue weighted by Gasteiger charge is 2.16. The Balaban J connectivity index is 3.16. The van der Waals surface area contributed by atoms with Crippen molar-refractivity contribution >= 4 is 35.2 Å². The van der Waals surface area contributed by atoms with Gasteiger partial charge in [0, 0.05) is 0 Å². The van der Waals surface area contributed by atoms with Crippen molar-refractivity contribution in [3.8, 4) is 0 Å². The van der Waals surface area contributed by atoms with Gasteiger partial charge in [-0.15, -0.1) is 0 Å². The number of nitrogens with one attached hydrogen (secondary N) is 1. The number of benzene rings is 1. The highest BCUT2D eigenvalue weighted by molar-refractivity contribution is 6.33. The summed E-state index contributed by atoms with van der Waals surface area (Å²) in [6.45, 7) is 3.55. The average molecular weight is 356 g/mol. The van der Waals surface area contributed by atoms with Crippen LogP contribution >= 0.6 is 11.6 Å². The van der Waals surface area contributed by atoms with Crippen LogP contribution in [0, 0.1) is 0 Å². The molecule has 0 aliphatic carbocycles. The first-order chi connectivity index (χ1) is 11.4. The second-order valence-electron chi connectivity index (χ2n) is 4.34. The van der Waals surface area contributed by atoms with Crippen LogP contribution in [0.2, 0.25) is 5.02 Å². The molecule has 0 saturated carbocycles. The van der Waals surface area contributed by atoms with Gasteiger partial charge < -0.3 is 19.5 Å². The molecule has 0 radical (unpaired) electrons. The Hall–Kier alpha value is -2.54. The number of hydrogen-bond acceptors (Lipinski definition) is 7. The summed E-state index contributed by atoms with van der Waals surface area (Å²) in [6, 6.07) is 4.33. The Labute approximate surface area is 144 Å². The lowest BCUT2D eigenvalue weighted by Gasteiger charge is -2.12. The number of carbonyl (C=O) groups excluding carboxylic acids is 3. The van der Waals surface area contributed by atoms with E-state index in [0.29, 0.717) is 0 Å². The summed E-state index contributed by atoms with van der Waals surface area (Å²) < 4.78 is 14.3. The molecule has 130 valence electrons. The molecule has 0 amide bonds. The van der Waals surface area contributed by atoms with Gasteiger partial charge in [-0.05, 0) is 32.0 Å². The summed E-state index contributed by atoms with van der Waals surface area (Å²) >= 11 is 6.06. The molecule has 1 aromatic carbocycles. The van der Waals surface area contributed by atoms with E-state index in [1.165, 1.54) is 25.3 Å². The average Bonchev–Trinajstić information content (AvgIpc) is 2.55. The fraction of sp³-hybridized carbons (Fsp3) is 0.312. The molecule has 1 N–H and O–H groups in total. The van der Waals surface area contributed by atoms with Gasteiger partial charge in [0.2, 0.25) is 0 Å². The minimum absolute atomic E-state index is 0.122. The molecule has 0 bridgehead atoms. The summed E-state index contributed by atoms with van der Waals surface area (Å²) in [5.41, 5.74) is 0.297. The zero-order chi connectivity index (χ0) is 18.1. The molecule has 0 heterocycles. The van der Waals surface area contributed by atoms with Crippen LogP contribution < -0.4 is 5.32 Å². The molecule has 24 heavy (non-hydrogen) atoms. The number of esters is 3. The molecule has 1 rings (SSSR count). The third-order valence-corrected chi connectivity index (χ3v) is 3.03. The Bertz CT molecular complexity index is 656. The van der Waals surface area contributed by atoms with E-state index >= 15 is 0 Å². The molecule has 0 spiro atoms. The van der Waals surface area contributed by atoms with Crippen LogP contribution in [0.3, 0.4) is 0 Å². The Morgan fingerprint density at radius 1 is 1.17 bits per heavy atom. The van der Waals surface area contributed by atoms with Crippen molar-refractivity contribution in [1.29, 1.82) is 0 Å². The summed E-state index contributed by atoms with van der Waals surface area (Å²) in [5, 5.41) is 2.92. The Kier molecular flexibility index (Phi) is 7.77. The highest BCUT2D eigenvalue weighted by atomic mass is 35.5. The number of carbonyl (C=O) groups is 3. The molecule has 0 unspecified atom stereocenters. The molecule has 0 saturated heterocycles. The second-order valence-corrected chi connectivity index (χ2v) is 4.75. The summed E-state index contributed by atoms with van der Waals surface area (Å²) in [4.78, 5) is 35.2. The van der Waals surface area contributed by atoms with Crippen LogP contribution in [0.5, 0.6) is 0 Å². The smallest absolute Gasteiger partial charge is 0.355 e. The minimum Gasteiger partial charge on any atom is -0.465 e. The predicted octanol–water partition coefficient (Wildman–Crippen LogP) is 2.55. The van der Waals surface area contributed by atoms with E-state index < -0.39 is 17.9 Å². The van der Waals surface area contributed by atoms with Gasteiger partial charge in [0.15, 0.2) is 0 Å². The fourth-order valence-corrected chi connectivity index (χ4v) is 1.83. The van der Waals surface area contributed by atoms with E-state index in [1.54, 1.807) is 13.8 Å². The number of hydrogen-bond donors (Lipinski definition) is 1. The number of methoxy groups -OCH3 is 1. The van der Waals surface area contributed by atoms with E-state index in [-0.39, 0.29) is 35.2 Å². The largest absolute Gasteiger partial charge is 0.465 e. The molecule has 0 atom stereocenters. The lowest BCUT2D eigenvalue weighted by Crippen LogP contribution is -2.17. The second kappa shape index (κ2) is 9.57. The van der Waals surface area contributed by atoms with Gasteiger partial charge in [-0.2, -0.15) is 0 Å². The maximum Gasteiger partial charge on any atom is 0.355 e. The van der Waals surface area contributed by atoms with Crippen LogP contribution in [0.25, 0.3) is 0 Å². The van der Waals surface area contributed by atoms with Gasteiger partial charge >= 0.3 is 17.9 Å². The van der Waals surface area contributed by atoms with Crippen LogP contribution in [0.4, 0.5) is 5.69 Å². The topological polar surface area (TPSA) is 90.9 Å². The Morgan fingerprint density at radius 2 is 1.83 bits per heavy atom. The molecular formula is C16H18ClNO6. The standard InChI is InChI=1S/C16H18ClNO6/c1-4-23-14(19)9-13(16(21)24-5-2)18-12-8-10(15(20)22-3)6-7-11(12)17/h6-9,18H,4-5H2,1-3H3/b13-9+. The highest BCUT2D eigenvalue weighted by Crippen LogP contribution is 2.25. The van der Waals surface area contributed by atoms with Crippen molar-refractivity contribution in [1.82, 2.24) is 0 Å². The third kappa shape index (κ3) is 5.58. The minimum atomic E-state index is -0.759. The van der Waals surface area contributed by atoms with Crippen LogP contribution in [-0.2, 0) is 23.8 Å². The normalized spacial score (nSPS) is 10.8. The fourth-order valence-electron chi connectivity index (χ4n) is 1.67. The SMILES string of the molecule is CCOC(=O)/C=C(/Nc1cc(C(=O)OC)ccc1Cl)C(=O)OCC. The van der Waals surface area contributed by atoms with Gasteiger partial charge in [0.05, 0.1) is 42.7 Å². The number of halogens is 1. The molecule has 0 aliphatic heterocycles. The number of rotatable bonds is 7. The van der Waals surface area contributed by atoms with Crippen molar-refractivity contribution in [3.63, 3.8) is 0 Å². The van der Waals surface area contributed by atoms with Crippen molar-refractivity contribution in [2.24, 2.45) is 0 Å². The van der Waals surface area contributed by atoms with Crippen LogP contribution in [0.15, 0.2) is 30.0 Å². The van der Waals surface area contributed by atoms with E-state index in [2.05, 4.69) is 10.1 Å². The molecule has 0 fully saturated rings. The van der Waals surface area contributed by atoms with Gasteiger partial charge in [0.25, 0.3) is 0 Å². The lowest BCUT2D eigenvalue weighted by atomic mass is 10.2. The maximum absolute atomic E-state index is 12.0. The van der Waals surface area contributed by atoms with E-state index in [1.807, 2.05) is 0 Å². The quantitative estimate of drug-likeness (QED) is 0.456. The van der Waals surface area contributed by atoms with Crippen molar-refractivity contribution in [2.45, 2.75) is 13.8 Å². The van der Waals surface area contributed by atoms with Crippen LogP contribution in [-0.4, -0.2) is 38.2 Å². The van der Waals surface area contributed by atoms with Gasteiger partial charge in [-0.3, -0.25) is 0 Å². The van der Waals surface area contributed by atoms with Crippen molar-refractivity contribution in [3.05, 3.63) is 40.6 Å².